The first-order valence-corrected chi connectivity index (χ1v) is 8.66. The molecule has 0 rings (SSSR count). The molecule has 0 saturated heterocycles. The third-order valence-corrected chi connectivity index (χ3v) is 4.55. The first-order valence-electron chi connectivity index (χ1n) is 8.66. The summed E-state index contributed by atoms with van der Waals surface area (Å²) < 4.78 is 0. The van der Waals surface area contributed by atoms with E-state index in [-0.39, 0.29) is 0 Å². The van der Waals surface area contributed by atoms with Gasteiger partial charge in [-0.15, -0.1) is 0 Å². The zero-order valence-electron chi connectivity index (χ0n) is 13.8. The molecule has 0 spiro atoms. The van der Waals surface area contributed by atoms with Crippen LogP contribution in [0, 0.1) is 17.8 Å². The van der Waals surface area contributed by atoms with Crippen molar-refractivity contribution >= 4 is 6.29 Å². The lowest BCUT2D eigenvalue weighted by atomic mass is 9.82. The second-order valence-corrected chi connectivity index (χ2v) is 6.20. The monoisotopic (exact) mass is 268 g/mol. The van der Waals surface area contributed by atoms with Crippen LogP contribution in [0.1, 0.15) is 91.9 Å². The number of unbranched alkanes of at least 4 members (excludes halogenated alkanes) is 2. The zero-order chi connectivity index (χ0) is 14.5. The van der Waals surface area contributed by atoms with Crippen molar-refractivity contribution in [3.63, 3.8) is 0 Å². The van der Waals surface area contributed by atoms with Gasteiger partial charge in [-0.1, -0.05) is 79.1 Å². The van der Waals surface area contributed by atoms with Crippen LogP contribution in [0.25, 0.3) is 0 Å². The fraction of sp³-hybridized carbons (Fsp3) is 0.944. The summed E-state index contributed by atoms with van der Waals surface area (Å²) in [6, 6.07) is 0. The predicted molar refractivity (Wildman–Crippen MR) is 85.4 cm³/mol. The first-order chi connectivity index (χ1) is 9.21. The lowest BCUT2D eigenvalue weighted by Crippen LogP contribution is -2.14. The maximum Gasteiger partial charge on any atom is 0.123 e. The largest absolute Gasteiger partial charge is 0.303 e. The van der Waals surface area contributed by atoms with Crippen molar-refractivity contribution in [2.75, 3.05) is 0 Å². The molecular weight excluding hydrogens is 232 g/mol. The van der Waals surface area contributed by atoms with Gasteiger partial charge >= 0.3 is 0 Å². The standard InChI is InChI=1S/C18H36O/c1-5-9-11-16(7-3)13-18(15-19)14-17(8-4)12-10-6-2/h15-18H,5-14H2,1-4H3. The molecule has 1 nitrogen and oxygen atoms in total. The molecule has 0 N–H and O–H groups in total. The molecule has 2 atom stereocenters. The van der Waals surface area contributed by atoms with Gasteiger partial charge in [-0.2, -0.15) is 0 Å². The summed E-state index contributed by atoms with van der Waals surface area (Å²) in [4.78, 5) is 11.4. The fourth-order valence-corrected chi connectivity index (χ4v) is 3.03. The predicted octanol–water partition coefficient (Wildman–Crippen LogP) is 6.01. The Hall–Kier alpha value is -0.330. The molecule has 0 radical (unpaired) electrons. The van der Waals surface area contributed by atoms with E-state index in [1.54, 1.807) is 0 Å². The van der Waals surface area contributed by atoms with Gasteiger partial charge < -0.3 is 4.79 Å². The molecule has 0 aromatic heterocycles. The van der Waals surface area contributed by atoms with Crippen LogP contribution < -0.4 is 0 Å². The summed E-state index contributed by atoms with van der Waals surface area (Å²) in [6.45, 7) is 9.05. The Morgan fingerprint density at radius 2 is 1.21 bits per heavy atom. The third-order valence-electron chi connectivity index (χ3n) is 4.55. The van der Waals surface area contributed by atoms with Gasteiger partial charge in [0, 0.05) is 5.92 Å². The average molecular weight is 268 g/mol. The Morgan fingerprint density at radius 1 is 0.789 bits per heavy atom. The Kier molecular flexibility index (Phi) is 12.5. The zero-order valence-corrected chi connectivity index (χ0v) is 13.8. The Bertz CT molecular complexity index is 182. The summed E-state index contributed by atoms with van der Waals surface area (Å²) in [6.07, 6.45) is 13.8. The molecule has 0 heterocycles. The number of carbonyl (C=O) groups excluding carboxylic acids is 1. The molecule has 114 valence electrons. The molecule has 0 saturated carbocycles. The minimum atomic E-state index is 0.309. The van der Waals surface area contributed by atoms with Crippen molar-refractivity contribution in [2.24, 2.45) is 17.8 Å². The lowest BCUT2D eigenvalue weighted by Gasteiger charge is -2.22. The van der Waals surface area contributed by atoms with Gasteiger partial charge in [-0.3, -0.25) is 0 Å². The highest BCUT2D eigenvalue weighted by Crippen LogP contribution is 2.27. The van der Waals surface area contributed by atoms with Crippen molar-refractivity contribution in [3.05, 3.63) is 0 Å². The summed E-state index contributed by atoms with van der Waals surface area (Å²) in [7, 11) is 0. The summed E-state index contributed by atoms with van der Waals surface area (Å²) in [5, 5.41) is 0. The maximum atomic E-state index is 11.4. The van der Waals surface area contributed by atoms with Crippen molar-refractivity contribution in [1.29, 1.82) is 0 Å². The number of carbonyl (C=O) groups is 1. The van der Waals surface area contributed by atoms with Crippen LogP contribution in [0.5, 0.6) is 0 Å². The van der Waals surface area contributed by atoms with Crippen molar-refractivity contribution in [3.8, 4) is 0 Å². The van der Waals surface area contributed by atoms with Gasteiger partial charge in [0.2, 0.25) is 0 Å². The number of hydrogen-bond donors (Lipinski definition) is 0. The average Bonchev–Trinajstić information content (AvgIpc) is 2.45. The molecule has 0 fully saturated rings. The van der Waals surface area contributed by atoms with Crippen LogP contribution in [-0.4, -0.2) is 6.29 Å². The van der Waals surface area contributed by atoms with E-state index in [2.05, 4.69) is 27.7 Å². The molecule has 2 unspecified atom stereocenters. The van der Waals surface area contributed by atoms with Crippen LogP contribution in [0.3, 0.4) is 0 Å². The van der Waals surface area contributed by atoms with Crippen molar-refractivity contribution in [2.45, 2.75) is 91.9 Å². The second kappa shape index (κ2) is 12.7. The van der Waals surface area contributed by atoms with Crippen LogP contribution in [-0.2, 0) is 4.79 Å². The minimum Gasteiger partial charge on any atom is -0.303 e. The van der Waals surface area contributed by atoms with Crippen LogP contribution in [0.4, 0.5) is 0 Å². The summed E-state index contributed by atoms with van der Waals surface area (Å²) >= 11 is 0. The van der Waals surface area contributed by atoms with E-state index in [0.717, 1.165) is 24.7 Å². The van der Waals surface area contributed by atoms with Crippen LogP contribution in [0.15, 0.2) is 0 Å². The van der Waals surface area contributed by atoms with E-state index in [0.29, 0.717) is 5.92 Å². The van der Waals surface area contributed by atoms with Gasteiger partial charge in [0.25, 0.3) is 0 Å². The van der Waals surface area contributed by atoms with Crippen LogP contribution in [0.2, 0.25) is 0 Å². The minimum absolute atomic E-state index is 0.309. The van der Waals surface area contributed by atoms with Crippen molar-refractivity contribution < 1.29 is 4.79 Å². The molecule has 0 aliphatic heterocycles. The Labute approximate surface area is 121 Å². The SMILES string of the molecule is CCCCC(CC)CC(C=O)CC(CC)CCCC. The number of aldehydes is 1. The molecule has 0 aromatic rings. The van der Waals surface area contributed by atoms with Gasteiger partial charge in [0.15, 0.2) is 0 Å². The Balaban J connectivity index is 4.18. The normalized spacial score (nSPS) is 16.0. The molecule has 0 amide bonds. The first kappa shape index (κ1) is 18.7. The van der Waals surface area contributed by atoms with E-state index in [1.807, 2.05) is 0 Å². The maximum absolute atomic E-state index is 11.4. The number of hydrogen-bond acceptors (Lipinski definition) is 1. The topological polar surface area (TPSA) is 17.1 Å². The summed E-state index contributed by atoms with van der Waals surface area (Å²) in [5.41, 5.74) is 0. The molecule has 0 aliphatic carbocycles. The quantitative estimate of drug-likeness (QED) is 0.374. The highest BCUT2D eigenvalue weighted by Gasteiger charge is 2.18. The van der Waals surface area contributed by atoms with Gasteiger partial charge in [-0.25, -0.2) is 0 Å². The molecule has 0 aliphatic rings. The van der Waals surface area contributed by atoms with Crippen molar-refractivity contribution in [1.82, 2.24) is 0 Å². The highest BCUT2D eigenvalue weighted by atomic mass is 16.1. The van der Waals surface area contributed by atoms with E-state index in [1.165, 1.54) is 57.7 Å². The molecule has 1 heteroatoms. The molecule has 0 aromatic carbocycles. The third kappa shape index (κ3) is 9.24. The number of rotatable bonds is 13. The fourth-order valence-electron chi connectivity index (χ4n) is 3.03. The van der Waals surface area contributed by atoms with E-state index >= 15 is 0 Å². The van der Waals surface area contributed by atoms with Gasteiger partial charge in [0.05, 0.1) is 0 Å². The van der Waals surface area contributed by atoms with E-state index in [9.17, 15) is 4.79 Å². The second-order valence-electron chi connectivity index (χ2n) is 6.20. The lowest BCUT2D eigenvalue weighted by molar-refractivity contribution is -0.112. The summed E-state index contributed by atoms with van der Waals surface area (Å²) in [5.74, 6) is 1.83. The van der Waals surface area contributed by atoms with E-state index in [4.69, 9.17) is 0 Å². The smallest absolute Gasteiger partial charge is 0.123 e. The molecule has 0 bridgehead atoms. The van der Waals surface area contributed by atoms with E-state index < -0.39 is 0 Å². The Morgan fingerprint density at radius 3 is 1.47 bits per heavy atom. The van der Waals surface area contributed by atoms with Gasteiger partial charge in [-0.05, 0) is 24.7 Å². The highest BCUT2D eigenvalue weighted by molar-refractivity contribution is 5.53. The molecule has 19 heavy (non-hydrogen) atoms. The molecular formula is C18H36O. The van der Waals surface area contributed by atoms with Crippen LogP contribution >= 0.6 is 0 Å². The van der Waals surface area contributed by atoms with Gasteiger partial charge in [0.1, 0.15) is 6.29 Å².